The Hall–Kier alpha value is -0.910. The van der Waals surface area contributed by atoms with Crippen molar-refractivity contribution in [3.05, 3.63) is 29.8 Å². The third-order valence-corrected chi connectivity index (χ3v) is 5.27. The maximum absolute atomic E-state index is 11.7. The van der Waals surface area contributed by atoms with E-state index in [0.717, 1.165) is 5.56 Å². The van der Waals surface area contributed by atoms with Gasteiger partial charge in [-0.25, -0.2) is 8.42 Å². The zero-order valence-corrected chi connectivity index (χ0v) is 13.4. The van der Waals surface area contributed by atoms with Gasteiger partial charge in [0.15, 0.2) is 9.84 Å². The normalized spacial score (nSPS) is 15.3. The van der Waals surface area contributed by atoms with Crippen LogP contribution >= 0.6 is 0 Å². The predicted octanol–water partition coefficient (Wildman–Crippen LogP) is 2.15. The summed E-state index contributed by atoms with van der Waals surface area (Å²) >= 11 is 0. The van der Waals surface area contributed by atoms with Crippen molar-refractivity contribution in [3.63, 3.8) is 0 Å². The van der Waals surface area contributed by atoms with Gasteiger partial charge in [-0.05, 0) is 30.5 Å². The minimum absolute atomic E-state index is 0.0711. The molecule has 2 unspecified atom stereocenters. The zero-order valence-electron chi connectivity index (χ0n) is 12.6. The van der Waals surface area contributed by atoms with Gasteiger partial charge in [-0.1, -0.05) is 32.9 Å². The molecule has 5 heteroatoms. The van der Waals surface area contributed by atoms with Crippen LogP contribution < -0.4 is 5.32 Å². The van der Waals surface area contributed by atoms with Gasteiger partial charge in [0.05, 0.1) is 16.8 Å². The van der Waals surface area contributed by atoms with Crippen molar-refractivity contribution in [2.75, 3.05) is 12.3 Å². The van der Waals surface area contributed by atoms with E-state index >= 15 is 0 Å². The standard InChI is InChI=1S/C15H25NO3S/c1-5-20(18,19)14-8-6-13(7-9-14)12(4)16-10-15(17)11(2)3/h6-9,11-12,15-17H,5,10H2,1-4H3. The maximum Gasteiger partial charge on any atom is 0.178 e. The van der Waals surface area contributed by atoms with Crippen molar-refractivity contribution in [2.24, 2.45) is 5.92 Å². The van der Waals surface area contributed by atoms with Gasteiger partial charge in [-0.3, -0.25) is 0 Å². The molecule has 4 nitrogen and oxygen atoms in total. The summed E-state index contributed by atoms with van der Waals surface area (Å²) < 4.78 is 23.4. The van der Waals surface area contributed by atoms with Crippen molar-refractivity contribution in [2.45, 2.75) is 44.7 Å². The number of benzene rings is 1. The second kappa shape index (κ2) is 7.20. The number of hydrogen-bond donors (Lipinski definition) is 2. The maximum atomic E-state index is 11.7. The van der Waals surface area contributed by atoms with Crippen LogP contribution in [0.5, 0.6) is 0 Å². The van der Waals surface area contributed by atoms with Crippen LogP contribution in [0.2, 0.25) is 0 Å². The summed E-state index contributed by atoms with van der Waals surface area (Å²) in [6, 6.07) is 7.00. The fraction of sp³-hybridized carbons (Fsp3) is 0.600. The van der Waals surface area contributed by atoms with Gasteiger partial charge in [-0.15, -0.1) is 0 Å². The first-order valence-electron chi connectivity index (χ1n) is 7.02. The molecule has 2 N–H and O–H groups in total. The van der Waals surface area contributed by atoms with Crippen LogP contribution in [0.15, 0.2) is 29.2 Å². The monoisotopic (exact) mass is 299 g/mol. The Morgan fingerprint density at radius 2 is 1.70 bits per heavy atom. The Morgan fingerprint density at radius 1 is 1.15 bits per heavy atom. The molecule has 20 heavy (non-hydrogen) atoms. The molecule has 2 atom stereocenters. The molecule has 0 radical (unpaired) electrons. The van der Waals surface area contributed by atoms with Gasteiger partial charge in [-0.2, -0.15) is 0 Å². The largest absolute Gasteiger partial charge is 0.392 e. The fourth-order valence-electron chi connectivity index (χ4n) is 1.78. The smallest absolute Gasteiger partial charge is 0.178 e. The first-order valence-corrected chi connectivity index (χ1v) is 8.67. The minimum atomic E-state index is -3.14. The summed E-state index contributed by atoms with van der Waals surface area (Å²) in [5, 5.41) is 13.0. The molecule has 114 valence electrons. The highest BCUT2D eigenvalue weighted by Crippen LogP contribution is 2.17. The van der Waals surface area contributed by atoms with Gasteiger partial charge >= 0.3 is 0 Å². The molecule has 1 aromatic carbocycles. The number of aliphatic hydroxyl groups excluding tert-OH is 1. The molecule has 0 amide bonds. The molecule has 0 saturated carbocycles. The molecule has 0 fully saturated rings. The molecule has 1 aromatic rings. The van der Waals surface area contributed by atoms with Crippen molar-refractivity contribution in [1.82, 2.24) is 5.32 Å². The Balaban J connectivity index is 2.69. The summed E-state index contributed by atoms with van der Waals surface area (Å²) in [4.78, 5) is 0.359. The average Bonchev–Trinajstić information content (AvgIpc) is 2.44. The minimum Gasteiger partial charge on any atom is -0.392 e. The van der Waals surface area contributed by atoms with Gasteiger partial charge in [0, 0.05) is 12.6 Å². The lowest BCUT2D eigenvalue weighted by Crippen LogP contribution is -2.32. The SMILES string of the molecule is CCS(=O)(=O)c1ccc(C(C)NCC(O)C(C)C)cc1. The van der Waals surface area contributed by atoms with E-state index in [-0.39, 0.29) is 23.8 Å². The molecular formula is C15H25NO3S. The molecule has 1 rings (SSSR count). The lowest BCUT2D eigenvalue weighted by atomic mass is 10.1. The number of nitrogens with one attached hydrogen (secondary N) is 1. The number of aliphatic hydroxyl groups is 1. The van der Waals surface area contributed by atoms with Crippen molar-refractivity contribution in [3.8, 4) is 0 Å². The highest BCUT2D eigenvalue weighted by molar-refractivity contribution is 7.91. The second-order valence-corrected chi connectivity index (χ2v) is 7.69. The Morgan fingerprint density at radius 3 is 2.15 bits per heavy atom. The molecule has 0 aromatic heterocycles. The summed E-state index contributed by atoms with van der Waals surface area (Å²) in [7, 11) is -3.14. The van der Waals surface area contributed by atoms with Crippen LogP contribution in [-0.2, 0) is 9.84 Å². The van der Waals surface area contributed by atoms with Gasteiger partial charge < -0.3 is 10.4 Å². The first-order chi connectivity index (χ1) is 9.27. The lowest BCUT2D eigenvalue weighted by Gasteiger charge is -2.19. The van der Waals surface area contributed by atoms with E-state index in [1.54, 1.807) is 19.1 Å². The third kappa shape index (κ3) is 4.58. The third-order valence-electron chi connectivity index (χ3n) is 3.52. The highest BCUT2D eigenvalue weighted by Gasteiger charge is 2.14. The van der Waals surface area contributed by atoms with Crippen molar-refractivity contribution >= 4 is 9.84 Å². The van der Waals surface area contributed by atoms with Gasteiger partial charge in [0.25, 0.3) is 0 Å². The quantitative estimate of drug-likeness (QED) is 0.809. The van der Waals surface area contributed by atoms with Crippen LogP contribution in [0.25, 0.3) is 0 Å². The molecule has 0 aliphatic heterocycles. The number of rotatable bonds is 7. The lowest BCUT2D eigenvalue weighted by molar-refractivity contribution is 0.120. The molecule has 0 heterocycles. The number of sulfone groups is 1. The molecule has 0 aliphatic carbocycles. The van der Waals surface area contributed by atoms with Crippen LogP contribution in [0.4, 0.5) is 0 Å². The van der Waals surface area contributed by atoms with Crippen molar-refractivity contribution in [1.29, 1.82) is 0 Å². The Kier molecular flexibility index (Phi) is 6.17. The zero-order chi connectivity index (χ0) is 15.3. The van der Waals surface area contributed by atoms with E-state index in [1.165, 1.54) is 0 Å². The predicted molar refractivity (Wildman–Crippen MR) is 81.4 cm³/mol. The van der Waals surface area contributed by atoms with Gasteiger partial charge in [0.1, 0.15) is 0 Å². The molecule has 0 bridgehead atoms. The summed E-state index contributed by atoms with van der Waals surface area (Å²) in [5.74, 6) is 0.326. The Bertz CT molecular complexity index is 508. The van der Waals surface area contributed by atoms with Crippen LogP contribution in [-0.4, -0.2) is 31.9 Å². The molecule has 0 saturated heterocycles. The Labute approximate surface area is 122 Å². The molecular weight excluding hydrogens is 274 g/mol. The van der Waals surface area contributed by atoms with Crippen molar-refractivity contribution < 1.29 is 13.5 Å². The van der Waals surface area contributed by atoms with Crippen LogP contribution in [0, 0.1) is 5.92 Å². The summed E-state index contributed by atoms with van der Waals surface area (Å²) in [6.45, 7) is 8.10. The van der Waals surface area contributed by atoms with Crippen LogP contribution in [0.3, 0.4) is 0 Å². The van der Waals surface area contributed by atoms with Crippen LogP contribution in [0.1, 0.15) is 39.3 Å². The average molecular weight is 299 g/mol. The van der Waals surface area contributed by atoms with Gasteiger partial charge in [0.2, 0.25) is 0 Å². The van der Waals surface area contributed by atoms with E-state index in [2.05, 4.69) is 5.32 Å². The summed E-state index contributed by atoms with van der Waals surface area (Å²) in [5.41, 5.74) is 1.01. The second-order valence-electron chi connectivity index (χ2n) is 5.41. The molecule has 0 spiro atoms. The van der Waals surface area contributed by atoms with E-state index in [9.17, 15) is 13.5 Å². The first kappa shape index (κ1) is 17.1. The van der Waals surface area contributed by atoms with E-state index in [0.29, 0.717) is 11.4 Å². The van der Waals surface area contributed by atoms with E-state index < -0.39 is 9.84 Å². The topological polar surface area (TPSA) is 66.4 Å². The van der Waals surface area contributed by atoms with E-state index in [1.807, 2.05) is 32.9 Å². The fourth-order valence-corrected chi connectivity index (χ4v) is 2.67. The van der Waals surface area contributed by atoms with E-state index in [4.69, 9.17) is 0 Å². The summed E-state index contributed by atoms with van der Waals surface area (Å²) in [6.07, 6.45) is -0.378. The molecule has 0 aliphatic rings. The number of hydrogen-bond acceptors (Lipinski definition) is 4. The highest BCUT2D eigenvalue weighted by atomic mass is 32.2.